The highest BCUT2D eigenvalue weighted by molar-refractivity contribution is 7.92. The van der Waals surface area contributed by atoms with Gasteiger partial charge >= 0.3 is 0 Å². The fourth-order valence-electron chi connectivity index (χ4n) is 3.13. The van der Waals surface area contributed by atoms with Gasteiger partial charge in [0.2, 0.25) is 0 Å². The van der Waals surface area contributed by atoms with Crippen molar-refractivity contribution in [1.29, 1.82) is 0 Å². The molecule has 0 amide bonds. The van der Waals surface area contributed by atoms with Crippen LogP contribution in [0.15, 0.2) is 65.6 Å². The van der Waals surface area contributed by atoms with Crippen LogP contribution in [-0.4, -0.2) is 21.8 Å². The summed E-state index contributed by atoms with van der Waals surface area (Å²) in [5, 5.41) is 10.4. The number of anilines is 1. The largest absolute Gasteiger partial charge is 0.413 e. The van der Waals surface area contributed by atoms with Gasteiger partial charge in [0.15, 0.2) is 8.32 Å². The average Bonchev–Trinajstić information content (AvgIpc) is 2.80. The predicted molar refractivity (Wildman–Crippen MR) is 152 cm³/mol. The number of benzene rings is 3. The van der Waals surface area contributed by atoms with Gasteiger partial charge in [0, 0.05) is 11.1 Å². The van der Waals surface area contributed by atoms with Crippen molar-refractivity contribution >= 4 is 35.6 Å². The summed E-state index contributed by atoms with van der Waals surface area (Å²) in [4.78, 5) is -0.0967. The summed E-state index contributed by atoms with van der Waals surface area (Å²) < 4.78 is 58.4. The van der Waals surface area contributed by atoms with Crippen molar-refractivity contribution in [3.8, 4) is 0 Å². The smallest absolute Gasteiger partial charge is 0.261 e. The second-order valence-corrected chi connectivity index (χ2v) is 17.5. The number of halogens is 3. The van der Waals surface area contributed by atoms with Gasteiger partial charge in [-0.1, -0.05) is 56.1 Å². The first-order chi connectivity index (χ1) is 17.4. The molecule has 0 aliphatic heterocycles. The lowest BCUT2D eigenvalue weighted by molar-refractivity contribution is 0.193. The first kappa shape index (κ1) is 31.9. The molecule has 0 bridgehead atoms. The maximum absolute atomic E-state index is 13.4. The summed E-state index contributed by atoms with van der Waals surface area (Å²) >= 11 is 5.64. The molecule has 0 aliphatic rings. The van der Waals surface area contributed by atoms with Gasteiger partial charge in [0.25, 0.3) is 10.0 Å². The Bertz CT molecular complexity index is 1340. The molecule has 5 nitrogen and oxygen atoms in total. The van der Waals surface area contributed by atoms with Crippen LogP contribution < -0.4 is 4.72 Å². The fourth-order valence-corrected chi connectivity index (χ4v) is 5.27. The molecule has 1 unspecified atom stereocenters. The van der Waals surface area contributed by atoms with Crippen LogP contribution in [-0.2, 0) is 21.1 Å². The fraction of sp³-hybridized carbons (Fsp3) is 0.357. The number of aryl methyl sites for hydroxylation is 1. The molecule has 38 heavy (non-hydrogen) atoms. The summed E-state index contributed by atoms with van der Waals surface area (Å²) in [6.07, 6.45) is -0.446. The molecule has 0 heterocycles. The molecule has 0 radical (unpaired) electrons. The number of hydrogen-bond donors (Lipinski definition) is 2. The maximum atomic E-state index is 13.4. The highest BCUT2D eigenvalue weighted by Gasteiger charge is 2.37. The summed E-state index contributed by atoms with van der Waals surface area (Å²) in [6.45, 7) is 15.7. The lowest BCUT2D eigenvalue weighted by Gasteiger charge is -2.36. The second kappa shape index (κ2) is 12.7. The Labute approximate surface area is 231 Å². The molecule has 10 heteroatoms. The Morgan fingerprint density at radius 1 is 1.03 bits per heavy atom. The monoisotopic (exact) mass is 583 g/mol. The van der Waals surface area contributed by atoms with Crippen molar-refractivity contribution in [3.63, 3.8) is 0 Å². The van der Waals surface area contributed by atoms with Gasteiger partial charge in [-0.15, -0.1) is 0 Å². The normalized spacial score (nSPS) is 12.9. The number of hydrogen-bond acceptors (Lipinski definition) is 4. The predicted octanol–water partition coefficient (Wildman–Crippen LogP) is 7.99. The molecule has 2 N–H and O–H groups in total. The van der Waals surface area contributed by atoms with Crippen LogP contribution in [0.3, 0.4) is 0 Å². The van der Waals surface area contributed by atoms with Crippen LogP contribution in [0.4, 0.5) is 14.5 Å². The van der Waals surface area contributed by atoms with E-state index >= 15 is 0 Å². The average molecular weight is 584 g/mol. The van der Waals surface area contributed by atoms with E-state index in [9.17, 15) is 22.3 Å². The first-order valence-electron chi connectivity index (χ1n) is 12.1. The molecule has 0 aliphatic carbocycles. The standard InChI is InChI=1S/C16H28O2Si.C12H8ClF2NO2S/c1-12-8-9-15(13(2)17)14(10-12)11-18-19(6,7)16(3,4)5;13-8-1-4-10(5-2-8)19(17,18)16-12-7-9(14)3-6-11(12)15/h8-10,13,17H,11H2,1-7H3;1-7,16H. The van der Waals surface area contributed by atoms with E-state index in [4.69, 9.17) is 16.0 Å². The molecule has 3 aromatic carbocycles. The van der Waals surface area contributed by atoms with E-state index in [1.165, 1.54) is 29.8 Å². The number of aliphatic hydroxyl groups excluding tert-OH is 1. The molecule has 0 saturated heterocycles. The Morgan fingerprint density at radius 2 is 1.63 bits per heavy atom. The van der Waals surface area contributed by atoms with Crippen LogP contribution in [0.1, 0.15) is 50.5 Å². The maximum Gasteiger partial charge on any atom is 0.261 e. The summed E-state index contributed by atoms with van der Waals surface area (Å²) in [7, 11) is -5.73. The minimum absolute atomic E-state index is 0.0967. The lowest BCUT2D eigenvalue weighted by atomic mass is 10.0. The van der Waals surface area contributed by atoms with E-state index < -0.39 is 41.8 Å². The minimum Gasteiger partial charge on any atom is -0.413 e. The van der Waals surface area contributed by atoms with Crippen molar-refractivity contribution in [2.24, 2.45) is 0 Å². The number of rotatable bonds is 7. The van der Waals surface area contributed by atoms with E-state index in [1.54, 1.807) is 6.92 Å². The molecule has 208 valence electrons. The van der Waals surface area contributed by atoms with Crippen LogP contribution in [0.25, 0.3) is 0 Å². The number of aliphatic hydroxyl groups is 1. The van der Waals surface area contributed by atoms with E-state index in [1.807, 2.05) is 16.9 Å². The van der Waals surface area contributed by atoms with Crippen molar-refractivity contribution in [1.82, 2.24) is 0 Å². The van der Waals surface area contributed by atoms with Crippen molar-refractivity contribution in [2.75, 3.05) is 4.72 Å². The first-order valence-corrected chi connectivity index (χ1v) is 16.8. The van der Waals surface area contributed by atoms with Gasteiger partial charge in [-0.2, -0.15) is 0 Å². The Hall–Kier alpha value is -2.30. The van der Waals surface area contributed by atoms with Crippen molar-refractivity contribution in [3.05, 3.63) is 94.0 Å². The van der Waals surface area contributed by atoms with Crippen molar-refractivity contribution < 1.29 is 26.7 Å². The summed E-state index contributed by atoms with van der Waals surface area (Å²) in [5.41, 5.74) is 2.84. The van der Waals surface area contributed by atoms with Crippen LogP contribution in [0.2, 0.25) is 23.2 Å². The van der Waals surface area contributed by atoms with Crippen molar-refractivity contribution in [2.45, 2.75) is 70.4 Å². The molecule has 0 spiro atoms. The molecule has 0 fully saturated rings. The Balaban J connectivity index is 0.000000267. The molecular weight excluding hydrogens is 548 g/mol. The third kappa shape index (κ3) is 8.88. The molecule has 0 saturated carbocycles. The topological polar surface area (TPSA) is 75.6 Å². The van der Waals surface area contributed by atoms with Gasteiger partial charge in [0.1, 0.15) is 11.6 Å². The van der Waals surface area contributed by atoms with E-state index in [0.29, 0.717) is 11.6 Å². The molecule has 3 rings (SSSR count). The third-order valence-electron chi connectivity index (χ3n) is 6.44. The number of sulfonamides is 1. The van der Waals surface area contributed by atoms with Gasteiger partial charge in [0.05, 0.1) is 23.3 Å². The van der Waals surface area contributed by atoms with Crippen LogP contribution >= 0.6 is 11.6 Å². The SMILES string of the molecule is Cc1ccc(C(C)O)c(CO[Si](C)(C)C(C)(C)C)c1.O=S(=O)(Nc1cc(F)ccc1F)c1ccc(Cl)cc1. The molecule has 0 aromatic heterocycles. The zero-order valence-electron chi connectivity index (χ0n) is 22.8. The van der Waals surface area contributed by atoms with Gasteiger partial charge in [-0.25, -0.2) is 17.2 Å². The van der Waals surface area contributed by atoms with Crippen LogP contribution in [0, 0.1) is 18.6 Å². The highest BCUT2D eigenvalue weighted by atomic mass is 35.5. The third-order valence-corrected chi connectivity index (χ3v) is 12.6. The zero-order chi connectivity index (χ0) is 28.9. The molecule has 3 aromatic rings. The van der Waals surface area contributed by atoms with Gasteiger partial charge < -0.3 is 9.53 Å². The zero-order valence-corrected chi connectivity index (χ0v) is 25.3. The quantitative estimate of drug-likeness (QED) is 0.276. The molecular formula is C28H36ClF2NO4SSi. The Kier molecular flexibility index (Phi) is 10.7. The number of nitrogens with one attached hydrogen (secondary N) is 1. The lowest BCUT2D eigenvalue weighted by Crippen LogP contribution is -2.40. The highest BCUT2D eigenvalue weighted by Crippen LogP contribution is 2.37. The van der Waals surface area contributed by atoms with E-state index in [-0.39, 0.29) is 9.93 Å². The molecule has 1 atom stereocenters. The summed E-state index contributed by atoms with van der Waals surface area (Å²) in [5.74, 6) is -1.60. The minimum atomic E-state index is -3.98. The second-order valence-electron chi connectivity index (χ2n) is 10.6. The van der Waals surface area contributed by atoms with E-state index in [0.717, 1.165) is 29.3 Å². The Morgan fingerprint density at radius 3 is 2.18 bits per heavy atom. The van der Waals surface area contributed by atoms with Crippen LogP contribution in [0.5, 0.6) is 0 Å². The van der Waals surface area contributed by atoms with Gasteiger partial charge in [-0.3, -0.25) is 4.72 Å². The van der Waals surface area contributed by atoms with E-state index in [2.05, 4.69) is 46.9 Å². The van der Waals surface area contributed by atoms with Gasteiger partial charge in [-0.05, 0) is 79.5 Å². The summed E-state index contributed by atoms with van der Waals surface area (Å²) in [6, 6.07) is 14.0.